The van der Waals surface area contributed by atoms with Crippen LogP contribution >= 0.6 is 0 Å². The van der Waals surface area contributed by atoms with Gasteiger partial charge in [0.15, 0.2) is 0 Å². The molecule has 0 aromatic heterocycles. The summed E-state index contributed by atoms with van der Waals surface area (Å²) >= 11 is 0. The third-order valence-electron chi connectivity index (χ3n) is 5.11. The zero-order chi connectivity index (χ0) is 14.9. The SMILES string of the molecule is COC1C(O)CC(C)C2(CO2)C1/C(C)=C/CCC(C)C. The Labute approximate surface area is 123 Å². The molecule has 0 aromatic carbocycles. The van der Waals surface area contributed by atoms with Gasteiger partial charge in [0.1, 0.15) is 5.60 Å². The van der Waals surface area contributed by atoms with Crippen molar-refractivity contribution >= 4 is 0 Å². The van der Waals surface area contributed by atoms with E-state index in [0.29, 0.717) is 5.92 Å². The van der Waals surface area contributed by atoms with Crippen LogP contribution in [0.2, 0.25) is 0 Å². The van der Waals surface area contributed by atoms with Crippen LogP contribution in [0, 0.1) is 17.8 Å². The van der Waals surface area contributed by atoms with Gasteiger partial charge in [0.2, 0.25) is 0 Å². The van der Waals surface area contributed by atoms with Gasteiger partial charge in [-0.15, -0.1) is 0 Å². The lowest BCUT2D eigenvalue weighted by atomic mass is 9.67. The fourth-order valence-electron chi connectivity index (χ4n) is 3.76. The number of aliphatic hydroxyl groups is 1. The molecule has 1 aliphatic carbocycles. The average Bonchev–Trinajstić information content (AvgIpc) is 3.14. The van der Waals surface area contributed by atoms with Crippen LogP contribution in [0.15, 0.2) is 11.6 Å². The first-order valence-electron chi connectivity index (χ1n) is 7.93. The van der Waals surface area contributed by atoms with Crippen molar-refractivity contribution in [1.82, 2.24) is 0 Å². The molecule has 1 saturated carbocycles. The summed E-state index contributed by atoms with van der Waals surface area (Å²) in [4.78, 5) is 0. The summed E-state index contributed by atoms with van der Waals surface area (Å²) in [5.41, 5.74) is 1.24. The Balaban J connectivity index is 2.15. The van der Waals surface area contributed by atoms with Crippen LogP contribution in [0.4, 0.5) is 0 Å². The number of ether oxygens (including phenoxy) is 2. The van der Waals surface area contributed by atoms with Crippen LogP contribution in [0.3, 0.4) is 0 Å². The molecule has 3 heteroatoms. The highest BCUT2D eigenvalue weighted by Gasteiger charge is 2.62. The van der Waals surface area contributed by atoms with E-state index in [1.165, 1.54) is 12.0 Å². The maximum Gasteiger partial charge on any atom is 0.103 e. The van der Waals surface area contributed by atoms with Gasteiger partial charge < -0.3 is 14.6 Å². The summed E-state index contributed by atoms with van der Waals surface area (Å²) in [6.45, 7) is 9.67. The van der Waals surface area contributed by atoms with E-state index in [0.717, 1.165) is 25.4 Å². The molecule has 3 nitrogen and oxygen atoms in total. The first kappa shape index (κ1) is 16.0. The summed E-state index contributed by atoms with van der Waals surface area (Å²) in [5.74, 6) is 1.31. The van der Waals surface area contributed by atoms with Crippen LogP contribution < -0.4 is 0 Å². The number of rotatable bonds is 5. The van der Waals surface area contributed by atoms with Crippen molar-refractivity contribution in [3.63, 3.8) is 0 Å². The lowest BCUT2D eigenvalue weighted by molar-refractivity contribution is -0.103. The predicted molar refractivity (Wildman–Crippen MR) is 80.6 cm³/mol. The van der Waals surface area contributed by atoms with Gasteiger partial charge in [-0.1, -0.05) is 32.4 Å². The predicted octanol–water partition coefficient (Wildman–Crippen LogP) is 3.17. The van der Waals surface area contributed by atoms with Gasteiger partial charge in [-0.3, -0.25) is 0 Å². The number of hydrogen-bond acceptors (Lipinski definition) is 3. The van der Waals surface area contributed by atoms with E-state index in [1.807, 2.05) is 0 Å². The van der Waals surface area contributed by atoms with Gasteiger partial charge in [0.25, 0.3) is 0 Å². The van der Waals surface area contributed by atoms with Crippen molar-refractivity contribution in [1.29, 1.82) is 0 Å². The van der Waals surface area contributed by atoms with Crippen molar-refractivity contribution in [2.45, 2.75) is 64.8 Å². The molecule has 1 aliphatic heterocycles. The highest BCUT2D eigenvalue weighted by molar-refractivity contribution is 5.22. The second-order valence-electron chi connectivity index (χ2n) is 7.05. The van der Waals surface area contributed by atoms with E-state index < -0.39 is 0 Å². The third kappa shape index (κ3) is 2.95. The molecule has 1 N–H and O–H groups in total. The van der Waals surface area contributed by atoms with E-state index in [4.69, 9.17) is 9.47 Å². The topological polar surface area (TPSA) is 42.0 Å². The molecule has 1 saturated heterocycles. The van der Waals surface area contributed by atoms with Gasteiger partial charge in [0.05, 0.1) is 18.8 Å². The van der Waals surface area contributed by atoms with Crippen LogP contribution in [-0.4, -0.2) is 36.6 Å². The molecule has 5 unspecified atom stereocenters. The Hall–Kier alpha value is -0.380. The van der Waals surface area contributed by atoms with Crippen molar-refractivity contribution in [2.75, 3.05) is 13.7 Å². The number of allylic oxidation sites excluding steroid dienone is 1. The van der Waals surface area contributed by atoms with E-state index in [1.54, 1.807) is 7.11 Å². The maximum absolute atomic E-state index is 10.3. The Bertz CT molecular complexity index is 357. The third-order valence-corrected chi connectivity index (χ3v) is 5.11. The molecule has 2 rings (SSSR count). The standard InChI is InChI=1S/C17H30O3/c1-11(2)7-6-8-12(3)15-16(19-5)14(18)9-13(4)17(15)10-20-17/h8,11,13-16,18H,6-7,9-10H2,1-5H3/b12-8+. The number of methoxy groups -OCH3 is 1. The van der Waals surface area contributed by atoms with E-state index in [2.05, 4.69) is 33.8 Å². The summed E-state index contributed by atoms with van der Waals surface area (Å²) in [6, 6.07) is 0. The van der Waals surface area contributed by atoms with Gasteiger partial charge in [-0.05, 0) is 38.0 Å². The number of aliphatic hydroxyl groups excluding tert-OH is 1. The molecule has 5 atom stereocenters. The Morgan fingerprint density at radius 2 is 2.15 bits per heavy atom. The minimum Gasteiger partial charge on any atom is -0.390 e. The normalized spacial score (nSPS) is 41.5. The molecule has 0 aromatic rings. The van der Waals surface area contributed by atoms with E-state index in [9.17, 15) is 5.11 Å². The Morgan fingerprint density at radius 1 is 1.50 bits per heavy atom. The minimum absolute atomic E-state index is 0.0850. The van der Waals surface area contributed by atoms with Gasteiger partial charge in [0, 0.05) is 13.0 Å². The highest BCUT2D eigenvalue weighted by atomic mass is 16.6. The molecule has 1 heterocycles. The summed E-state index contributed by atoms with van der Waals surface area (Å²) in [6.07, 6.45) is 4.87. The van der Waals surface area contributed by atoms with Crippen molar-refractivity contribution in [3.8, 4) is 0 Å². The quantitative estimate of drug-likeness (QED) is 0.622. The van der Waals surface area contributed by atoms with Crippen molar-refractivity contribution in [2.24, 2.45) is 17.8 Å². The maximum atomic E-state index is 10.3. The fourth-order valence-corrected chi connectivity index (χ4v) is 3.76. The fraction of sp³-hybridized carbons (Fsp3) is 0.882. The summed E-state index contributed by atoms with van der Waals surface area (Å²) in [7, 11) is 1.70. The molecule has 20 heavy (non-hydrogen) atoms. The first-order valence-corrected chi connectivity index (χ1v) is 7.93. The molecule has 2 fully saturated rings. The van der Waals surface area contributed by atoms with Crippen LogP contribution in [-0.2, 0) is 9.47 Å². The Kier molecular flexibility index (Phi) is 4.93. The molecule has 116 valence electrons. The molecule has 2 aliphatic rings. The molecule has 1 spiro atoms. The second-order valence-corrected chi connectivity index (χ2v) is 7.05. The average molecular weight is 282 g/mol. The van der Waals surface area contributed by atoms with E-state index >= 15 is 0 Å². The highest BCUT2D eigenvalue weighted by Crippen LogP contribution is 2.53. The number of epoxide rings is 1. The largest absolute Gasteiger partial charge is 0.390 e. The lowest BCUT2D eigenvalue weighted by Crippen LogP contribution is -2.52. The molecular formula is C17H30O3. The monoisotopic (exact) mass is 282 g/mol. The smallest absolute Gasteiger partial charge is 0.103 e. The van der Waals surface area contributed by atoms with Gasteiger partial charge in [-0.2, -0.15) is 0 Å². The van der Waals surface area contributed by atoms with Crippen LogP contribution in [0.5, 0.6) is 0 Å². The van der Waals surface area contributed by atoms with Crippen LogP contribution in [0.25, 0.3) is 0 Å². The first-order chi connectivity index (χ1) is 9.42. The van der Waals surface area contributed by atoms with E-state index in [-0.39, 0.29) is 23.7 Å². The zero-order valence-corrected chi connectivity index (χ0v) is 13.6. The van der Waals surface area contributed by atoms with Gasteiger partial charge >= 0.3 is 0 Å². The van der Waals surface area contributed by atoms with Crippen molar-refractivity contribution < 1.29 is 14.6 Å². The van der Waals surface area contributed by atoms with Crippen LogP contribution in [0.1, 0.15) is 47.0 Å². The van der Waals surface area contributed by atoms with Gasteiger partial charge in [-0.25, -0.2) is 0 Å². The second kappa shape index (κ2) is 6.17. The molecule has 0 radical (unpaired) electrons. The minimum atomic E-state index is -0.386. The van der Waals surface area contributed by atoms with Crippen molar-refractivity contribution in [3.05, 3.63) is 11.6 Å². The molecule has 0 bridgehead atoms. The molecular weight excluding hydrogens is 252 g/mol. The summed E-state index contributed by atoms with van der Waals surface area (Å²) in [5, 5.41) is 10.3. The Morgan fingerprint density at radius 3 is 2.65 bits per heavy atom. The number of hydrogen-bond donors (Lipinski definition) is 1. The lowest BCUT2D eigenvalue weighted by Gasteiger charge is -2.43. The molecule has 0 amide bonds. The zero-order valence-electron chi connectivity index (χ0n) is 13.6. The summed E-state index contributed by atoms with van der Waals surface area (Å²) < 4.78 is 11.5.